The van der Waals surface area contributed by atoms with Crippen LogP contribution >= 0.6 is 11.6 Å². The number of hydrogen-bond donors (Lipinski definition) is 1. The molecule has 0 bridgehead atoms. The molecule has 0 saturated heterocycles. The zero-order chi connectivity index (χ0) is 13.7. The van der Waals surface area contributed by atoms with Crippen LogP contribution in [0.15, 0.2) is 18.2 Å². The molecule has 2 rings (SSSR count). The molecule has 1 aromatic rings. The Morgan fingerprint density at radius 2 is 2.11 bits per heavy atom. The maximum Gasteiger partial charge on any atom is 0.0992 e. The van der Waals surface area contributed by atoms with Gasteiger partial charge in [-0.1, -0.05) is 37.8 Å². The maximum atomic E-state index is 8.86. The van der Waals surface area contributed by atoms with Crippen LogP contribution in [0.25, 0.3) is 0 Å². The molecule has 0 spiro atoms. The topological polar surface area (TPSA) is 35.8 Å². The molecular weight excluding hydrogens is 256 g/mol. The SMILES string of the molecule is CCC(Nc1ccc(C#N)cc1Cl)C1CCCCC1. The molecule has 102 valence electrons. The van der Waals surface area contributed by atoms with Crippen LogP contribution < -0.4 is 5.32 Å². The summed E-state index contributed by atoms with van der Waals surface area (Å²) >= 11 is 6.23. The summed E-state index contributed by atoms with van der Waals surface area (Å²) in [5, 5.41) is 13.1. The van der Waals surface area contributed by atoms with E-state index in [9.17, 15) is 0 Å². The van der Waals surface area contributed by atoms with Crippen molar-refractivity contribution in [1.29, 1.82) is 5.26 Å². The summed E-state index contributed by atoms with van der Waals surface area (Å²) in [6.07, 6.45) is 7.83. The summed E-state index contributed by atoms with van der Waals surface area (Å²) in [6, 6.07) is 8.08. The van der Waals surface area contributed by atoms with E-state index >= 15 is 0 Å². The Morgan fingerprint density at radius 3 is 2.68 bits per heavy atom. The van der Waals surface area contributed by atoms with E-state index < -0.39 is 0 Å². The lowest BCUT2D eigenvalue weighted by Crippen LogP contribution is -2.30. The summed E-state index contributed by atoms with van der Waals surface area (Å²) < 4.78 is 0. The molecule has 1 saturated carbocycles. The van der Waals surface area contributed by atoms with Crippen molar-refractivity contribution in [2.24, 2.45) is 5.92 Å². The number of benzene rings is 1. The monoisotopic (exact) mass is 276 g/mol. The summed E-state index contributed by atoms with van der Waals surface area (Å²) in [5.41, 5.74) is 1.57. The minimum absolute atomic E-state index is 0.491. The maximum absolute atomic E-state index is 8.86. The Hall–Kier alpha value is -1.20. The second-order valence-electron chi connectivity index (χ2n) is 5.36. The van der Waals surface area contributed by atoms with E-state index in [-0.39, 0.29) is 0 Å². The predicted octanol–water partition coefficient (Wildman–Crippen LogP) is 4.98. The molecule has 1 fully saturated rings. The third kappa shape index (κ3) is 3.64. The molecule has 3 heteroatoms. The van der Waals surface area contributed by atoms with Crippen molar-refractivity contribution in [3.63, 3.8) is 0 Å². The van der Waals surface area contributed by atoms with Gasteiger partial charge in [-0.3, -0.25) is 0 Å². The number of halogens is 1. The highest BCUT2D eigenvalue weighted by Gasteiger charge is 2.22. The Labute approximate surface area is 120 Å². The predicted molar refractivity (Wildman–Crippen MR) is 80.4 cm³/mol. The molecular formula is C16H21ClN2. The lowest BCUT2D eigenvalue weighted by Gasteiger charge is -2.31. The van der Waals surface area contributed by atoms with Gasteiger partial charge in [-0.2, -0.15) is 5.26 Å². The van der Waals surface area contributed by atoms with Crippen LogP contribution in [0.4, 0.5) is 5.69 Å². The van der Waals surface area contributed by atoms with Gasteiger partial charge in [0.2, 0.25) is 0 Å². The highest BCUT2D eigenvalue weighted by Crippen LogP contribution is 2.31. The molecule has 19 heavy (non-hydrogen) atoms. The van der Waals surface area contributed by atoms with Crippen LogP contribution in [0.5, 0.6) is 0 Å². The first-order valence-corrected chi connectivity index (χ1v) is 7.58. The van der Waals surface area contributed by atoms with Gasteiger partial charge in [0.05, 0.1) is 22.3 Å². The standard InChI is InChI=1S/C16H21ClN2/c1-2-15(13-6-4-3-5-7-13)19-16-9-8-12(11-18)10-14(16)17/h8-10,13,15,19H,2-7H2,1H3. The summed E-state index contributed by atoms with van der Waals surface area (Å²) in [6.45, 7) is 2.23. The number of anilines is 1. The van der Waals surface area contributed by atoms with E-state index in [4.69, 9.17) is 16.9 Å². The Kier molecular flexibility index (Phi) is 5.10. The van der Waals surface area contributed by atoms with E-state index in [1.54, 1.807) is 6.07 Å². The molecule has 0 aliphatic heterocycles. The normalized spacial score (nSPS) is 17.7. The highest BCUT2D eigenvalue weighted by molar-refractivity contribution is 6.33. The molecule has 1 unspecified atom stereocenters. The van der Waals surface area contributed by atoms with Gasteiger partial charge in [-0.05, 0) is 43.4 Å². The molecule has 0 radical (unpaired) electrons. The number of nitrogens with one attached hydrogen (secondary N) is 1. The zero-order valence-electron chi connectivity index (χ0n) is 11.5. The first kappa shape index (κ1) is 14.2. The van der Waals surface area contributed by atoms with Crippen molar-refractivity contribution in [1.82, 2.24) is 0 Å². The van der Waals surface area contributed by atoms with E-state index in [0.29, 0.717) is 16.6 Å². The van der Waals surface area contributed by atoms with Crippen molar-refractivity contribution in [3.8, 4) is 6.07 Å². The fourth-order valence-electron chi connectivity index (χ4n) is 2.99. The van der Waals surface area contributed by atoms with Gasteiger partial charge >= 0.3 is 0 Å². The lowest BCUT2D eigenvalue weighted by molar-refractivity contribution is 0.313. The average Bonchev–Trinajstić information content (AvgIpc) is 2.47. The summed E-state index contributed by atoms with van der Waals surface area (Å²) in [4.78, 5) is 0. The largest absolute Gasteiger partial charge is 0.381 e. The van der Waals surface area contributed by atoms with E-state index in [2.05, 4.69) is 18.3 Å². The number of hydrogen-bond acceptors (Lipinski definition) is 2. The summed E-state index contributed by atoms with van der Waals surface area (Å²) in [7, 11) is 0. The van der Waals surface area contributed by atoms with E-state index in [1.807, 2.05) is 12.1 Å². The molecule has 0 heterocycles. The van der Waals surface area contributed by atoms with Gasteiger partial charge < -0.3 is 5.32 Å². The fraction of sp³-hybridized carbons (Fsp3) is 0.562. The fourth-order valence-corrected chi connectivity index (χ4v) is 3.23. The number of nitriles is 1. The van der Waals surface area contributed by atoms with Crippen LogP contribution in [0.2, 0.25) is 5.02 Å². The second-order valence-corrected chi connectivity index (χ2v) is 5.77. The van der Waals surface area contributed by atoms with Gasteiger partial charge in [-0.25, -0.2) is 0 Å². The zero-order valence-corrected chi connectivity index (χ0v) is 12.2. The minimum atomic E-state index is 0.491. The van der Waals surface area contributed by atoms with Crippen molar-refractivity contribution < 1.29 is 0 Å². The number of nitrogens with zero attached hydrogens (tertiary/aromatic N) is 1. The van der Waals surface area contributed by atoms with Crippen LogP contribution in [0, 0.1) is 17.2 Å². The first-order valence-electron chi connectivity index (χ1n) is 7.20. The third-order valence-corrected chi connectivity index (χ3v) is 4.41. The van der Waals surface area contributed by atoms with Crippen LogP contribution in [-0.4, -0.2) is 6.04 Å². The van der Waals surface area contributed by atoms with Gasteiger partial charge in [0.15, 0.2) is 0 Å². The van der Waals surface area contributed by atoms with Crippen molar-refractivity contribution in [2.75, 3.05) is 5.32 Å². The second kappa shape index (κ2) is 6.82. The smallest absolute Gasteiger partial charge is 0.0992 e. The average molecular weight is 277 g/mol. The highest BCUT2D eigenvalue weighted by atomic mass is 35.5. The first-order chi connectivity index (χ1) is 9.24. The summed E-state index contributed by atoms with van der Waals surface area (Å²) in [5.74, 6) is 0.755. The number of rotatable bonds is 4. The Bertz CT molecular complexity index is 458. The van der Waals surface area contributed by atoms with Crippen LogP contribution in [0.3, 0.4) is 0 Å². The molecule has 1 atom stereocenters. The quantitative estimate of drug-likeness (QED) is 0.841. The molecule has 0 amide bonds. The molecule has 1 aliphatic carbocycles. The molecule has 1 aromatic carbocycles. The Balaban J connectivity index is 2.07. The van der Waals surface area contributed by atoms with E-state index in [1.165, 1.54) is 32.1 Å². The van der Waals surface area contributed by atoms with Gasteiger partial charge in [0.1, 0.15) is 0 Å². The lowest BCUT2D eigenvalue weighted by atomic mass is 9.83. The third-order valence-electron chi connectivity index (χ3n) is 4.10. The van der Waals surface area contributed by atoms with Crippen molar-refractivity contribution in [2.45, 2.75) is 51.5 Å². The molecule has 1 aliphatic rings. The van der Waals surface area contributed by atoms with Crippen molar-refractivity contribution >= 4 is 17.3 Å². The van der Waals surface area contributed by atoms with Gasteiger partial charge in [0.25, 0.3) is 0 Å². The molecule has 1 N–H and O–H groups in total. The molecule has 2 nitrogen and oxygen atoms in total. The molecule has 0 aromatic heterocycles. The Morgan fingerprint density at radius 1 is 1.37 bits per heavy atom. The van der Waals surface area contributed by atoms with Crippen molar-refractivity contribution in [3.05, 3.63) is 28.8 Å². The van der Waals surface area contributed by atoms with E-state index in [0.717, 1.165) is 18.0 Å². The minimum Gasteiger partial charge on any atom is -0.381 e. The van der Waals surface area contributed by atoms with Gasteiger partial charge in [0, 0.05) is 6.04 Å². The van der Waals surface area contributed by atoms with Crippen LogP contribution in [-0.2, 0) is 0 Å². The van der Waals surface area contributed by atoms with Crippen LogP contribution in [0.1, 0.15) is 51.0 Å². The van der Waals surface area contributed by atoms with Gasteiger partial charge in [-0.15, -0.1) is 0 Å².